The zero-order valence-corrected chi connectivity index (χ0v) is 16.5. The minimum Gasteiger partial charge on any atom is -0.351 e. The smallest absolute Gasteiger partial charge is 0.193 e. The minimum absolute atomic E-state index is 0. The van der Waals surface area contributed by atoms with Crippen molar-refractivity contribution < 1.29 is 0 Å². The lowest BCUT2D eigenvalue weighted by Crippen LogP contribution is -2.42. The Morgan fingerprint density at radius 3 is 2.79 bits per heavy atom. The lowest BCUT2D eigenvalue weighted by atomic mass is 9.68. The van der Waals surface area contributed by atoms with E-state index in [4.69, 9.17) is 0 Å². The highest BCUT2D eigenvalue weighted by molar-refractivity contribution is 14.0. The first-order valence-corrected chi connectivity index (χ1v) is 8.58. The molecule has 1 aliphatic carbocycles. The molecule has 1 aromatic carbocycles. The van der Waals surface area contributed by atoms with Gasteiger partial charge in [0.05, 0.1) is 12.2 Å². The summed E-state index contributed by atoms with van der Waals surface area (Å²) in [7, 11) is 1.88. The second-order valence-corrected chi connectivity index (χ2v) is 6.90. The molecule has 0 unspecified atom stereocenters. The Hall–Kier alpha value is -1.37. The maximum Gasteiger partial charge on any atom is 0.193 e. The molecule has 2 heterocycles. The normalized spacial score (nSPS) is 19.2. The Morgan fingerprint density at radius 1 is 1.25 bits per heavy atom. The van der Waals surface area contributed by atoms with Gasteiger partial charge in [-0.25, -0.2) is 0 Å². The van der Waals surface area contributed by atoms with Crippen LogP contribution in [0.25, 0.3) is 10.8 Å². The van der Waals surface area contributed by atoms with E-state index in [2.05, 4.69) is 50.5 Å². The van der Waals surface area contributed by atoms with Gasteiger partial charge in [0.15, 0.2) is 5.96 Å². The molecule has 1 saturated carbocycles. The van der Waals surface area contributed by atoms with Crippen molar-refractivity contribution in [3.63, 3.8) is 0 Å². The summed E-state index contributed by atoms with van der Waals surface area (Å²) in [6, 6.07) is 10.5. The minimum atomic E-state index is 0. The van der Waals surface area contributed by atoms with Crippen LogP contribution in [0.1, 0.15) is 31.4 Å². The number of pyridine rings is 1. The molecule has 24 heavy (non-hydrogen) atoms. The zero-order valence-electron chi connectivity index (χ0n) is 14.2. The van der Waals surface area contributed by atoms with Crippen LogP contribution in [0.15, 0.2) is 41.5 Å². The molecule has 1 aliphatic heterocycles. The van der Waals surface area contributed by atoms with Crippen molar-refractivity contribution in [2.24, 2.45) is 10.4 Å². The van der Waals surface area contributed by atoms with Gasteiger partial charge in [-0.15, -0.1) is 24.0 Å². The van der Waals surface area contributed by atoms with Crippen molar-refractivity contribution in [2.45, 2.75) is 32.2 Å². The number of guanidine groups is 1. The van der Waals surface area contributed by atoms with Gasteiger partial charge in [-0.1, -0.05) is 30.7 Å². The van der Waals surface area contributed by atoms with Gasteiger partial charge in [-0.05, 0) is 36.1 Å². The molecule has 1 aromatic heterocycles. The molecule has 0 radical (unpaired) electrons. The van der Waals surface area contributed by atoms with Crippen LogP contribution in [0.2, 0.25) is 0 Å². The van der Waals surface area contributed by atoms with Crippen LogP contribution in [-0.4, -0.2) is 36.0 Å². The highest BCUT2D eigenvalue weighted by atomic mass is 127. The summed E-state index contributed by atoms with van der Waals surface area (Å²) in [5, 5.41) is 5.98. The van der Waals surface area contributed by atoms with Crippen LogP contribution in [0, 0.1) is 5.41 Å². The van der Waals surface area contributed by atoms with Gasteiger partial charge in [0, 0.05) is 31.7 Å². The molecular weight excluding hydrogens is 411 g/mol. The van der Waals surface area contributed by atoms with Gasteiger partial charge in [-0.2, -0.15) is 0 Å². The summed E-state index contributed by atoms with van der Waals surface area (Å²) in [4.78, 5) is 11.5. The molecule has 0 atom stereocenters. The van der Waals surface area contributed by atoms with Gasteiger partial charge in [0.2, 0.25) is 0 Å². The molecule has 1 saturated heterocycles. The number of hydrogen-bond acceptors (Lipinski definition) is 2. The van der Waals surface area contributed by atoms with Crippen LogP contribution >= 0.6 is 24.0 Å². The molecule has 2 aromatic rings. The number of aliphatic imine (C=N–C) groups is 1. The average molecular weight is 436 g/mol. The largest absolute Gasteiger partial charge is 0.351 e. The Bertz CT molecular complexity index is 734. The maximum atomic E-state index is 4.56. The number of nitrogens with zero attached hydrogens (tertiary/aromatic N) is 3. The molecule has 1 N–H and O–H groups in total. The predicted octanol–water partition coefficient (Wildman–Crippen LogP) is 3.80. The predicted molar refractivity (Wildman–Crippen MR) is 110 cm³/mol. The Balaban J connectivity index is 0.00000169. The third-order valence-electron chi connectivity index (χ3n) is 5.53. The molecule has 0 amide bonds. The molecule has 0 bridgehead atoms. The number of hydrogen-bond donors (Lipinski definition) is 1. The van der Waals surface area contributed by atoms with Crippen LogP contribution in [0.3, 0.4) is 0 Å². The van der Waals surface area contributed by atoms with Crippen molar-refractivity contribution in [3.05, 3.63) is 42.2 Å². The molecular formula is C19H25IN4. The summed E-state index contributed by atoms with van der Waals surface area (Å²) < 4.78 is 0. The maximum absolute atomic E-state index is 4.56. The van der Waals surface area contributed by atoms with Crippen molar-refractivity contribution in [1.82, 2.24) is 15.2 Å². The first kappa shape index (κ1) is 17.5. The third kappa shape index (κ3) is 3.23. The van der Waals surface area contributed by atoms with E-state index in [-0.39, 0.29) is 24.0 Å². The highest BCUT2D eigenvalue weighted by Crippen LogP contribution is 2.47. The van der Waals surface area contributed by atoms with E-state index < -0.39 is 0 Å². The fourth-order valence-electron chi connectivity index (χ4n) is 4.02. The number of aromatic nitrogens is 1. The first-order valence-electron chi connectivity index (χ1n) is 8.58. The molecule has 2 fully saturated rings. The summed E-state index contributed by atoms with van der Waals surface area (Å²) in [6.45, 7) is 3.01. The Kier molecular flexibility index (Phi) is 5.27. The average Bonchev–Trinajstić information content (AvgIpc) is 3.01. The monoisotopic (exact) mass is 436 g/mol. The van der Waals surface area contributed by atoms with Gasteiger partial charge >= 0.3 is 0 Å². The van der Waals surface area contributed by atoms with Crippen LogP contribution in [-0.2, 0) is 6.54 Å². The zero-order chi connectivity index (χ0) is 15.7. The van der Waals surface area contributed by atoms with E-state index in [9.17, 15) is 0 Å². The van der Waals surface area contributed by atoms with E-state index in [0.717, 1.165) is 31.3 Å². The van der Waals surface area contributed by atoms with E-state index in [1.807, 2.05) is 13.2 Å². The van der Waals surface area contributed by atoms with Crippen LogP contribution < -0.4 is 5.32 Å². The SMILES string of the molecule is CN=C(NCc1nccc2ccccc12)N1CCC2(CCC2)C1.I. The summed E-state index contributed by atoms with van der Waals surface area (Å²) in [5.74, 6) is 1.02. The number of halogens is 1. The Morgan fingerprint density at radius 2 is 2.08 bits per heavy atom. The highest BCUT2D eigenvalue weighted by Gasteiger charge is 2.43. The van der Waals surface area contributed by atoms with Crippen molar-refractivity contribution in [1.29, 1.82) is 0 Å². The van der Waals surface area contributed by atoms with Gasteiger partial charge in [0.25, 0.3) is 0 Å². The summed E-state index contributed by atoms with van der Waals surface area (Å²) in [5.41, 5.74) is 1.68. The van der Waals surface area contributed by atoms with Crippen molar-refractivity contribution in [2.75, 3.05) is 20.1 Å². The van der Waals surface area contributed by atoms with Crippen molar-refractivity contribution in [3.8, 4) is 0 Å². The van der Waals surface area contributed by atoms with Gasteiger partial charge in [-0.3, -0.25) is 9.98 Å². The van der Waals surface area contributed by atoms with E-state index in [1.165, 1.54) is 36.5 Å². The number of fused-ring (bicyclic) bond motifs is 1. The number of benzene rings is 1. The van der Waals surface area contributed by atoms with E-state index in [1.54, 1.807) is 0 Å². The van der Waals surface area contributed by atoms with Crippen LogP contribution in [0.4, 0.5) is 0 Å². The quantitative estimate of drug-likeness (QED) is 0.442. The second-order valence-electron chi connectivity index (χ2n) is 6.90. The lowest BCUT2D eigenvalue weighted by Gasteiger charge is -2.38. The lowest BCUT2D eigenvalue weighted by molar-refractivity contribution is 0.151. The van der Waals surface area contributed by atoms with Crippen molar-refractivity contribution >= 4 is 40.7 Å². The van der Waals surface area contributed by atoms with Gasteiger partial charge < -0.3 is 10.2 Å². The Labute approximate surface area is 160 Å². The molecule has 1 spiro atoms. The second kappa shape index (κ2) is 7.25. The topological polar surface area (TPSA) is 40.5 Å². The summed E-state index contributed by atoms with van der Waals surface area (Å²) >= 11 is 0. The van der Waals surface area contributed by atoms with Crippen LogP contribution in [0.5, 0.6) is 0 Å². The molecule has 5 heteroatoms. The van der Waals surface area contributed by atoms with E-state index in [0.29, 0.717) is 5.41 Å². The molecule has 4 rings (SSSR count). The molecule has 128 valence electrons. The summed E-state index contributed by atoms with van der Waals surface area (Å²) in [6.07, 6.45) is 7.40. The fourth-order valence-corrected chi connectivity index (χ4v) is 4.02. The third-order valence-corrected chi connectivity index (χ3v) is 5.53. The first-order chi connectivity index (χ1) is 11.3. The molecule has 4 nitrogen and oxygen atoms in total. The number of nitrogens with one attached hydrogen (secondary N) is 1. The van der Waals surface area contributed by atoms with Gasteiger partial charge in [0.1, 0.15) is 0 Å². The number of likely N-dealkylation sites (tertiary alicyclic amines) is 1. The standard InChI is InChI=1S/C19H24N4.HI/c1-20-18(23-12-10-19(14-23)8-4-9-19)22-13-17-16-6-3-2-5-15(16)7-11-21-17;/h2-3,5-7,11H,4,8-10,12-14H2,1H3,(H,20,22);1H. The number of rotatable bonds is 2. The molecule has 2 aliphatic rings. The fraction of sp³-hybridized carbons (Fsp3) is 0.474. The van der Waals surface area contributed by atoms with E-state index >= 15 is 0 Å².